The van der Waals surface area contributed by atoms with Gasteiger partial charge in [0.2, 0.25) is 5.91 Å². The van der Waals surface area contributed by atoms with E-state index in [1.54, 1.807) is 6.07 Å². The van der Waals surface area contributed by atoms with Crippen molar-refractivity contribution in [3.8, 4) is 0 Å². The number of hydrogen-bond donors (Lipinski definition) is 3. The van der Waals surface area contributed by atoms with Gasteiger partial charge in [0.05, 0.1) is 0 Å². The van der Waals surface area contributed by atoms with Crippen LogP contribution in [-0.4, -0.2) is 28.8 Å². The molecule has 0 aromatic carbocycles. The van der Waals surface area contributed by atoms with E-state index in [4.69, 9.17) is 0 Å². The van der Waals surface area contributed by atoms with Gasteiger partial charge in [0.15, 0.2) is 0 Å². The summed E-state index contributed by atoms with van der Waals surface area (Å²) in [6.07, 6.45) is -1.95. The lowest BCUT2D eigenvalue weighted by Crippen LogP contribution is -2.33. The molecule has 1 aromatic rings. The van der Waals surface area contributed by atoms with Crippen LogP contribution in [0.5, 0.6) is 0 Å². The molecular weight excluding hydrogens is 282 g/mol. The molecule has 0 aliphatic carbocycles. The molecule has 6 heteroatoms. The summed E-state index contributed by atoms with van der Waals surface area (Å²) in [5, 5.41) is 23.5. The van der Waals surface area contributed by atoms with Gasteiger partial charge in [-0.05, 0) is 22.0 Å². The fraction of sp³-hybridized carbons (Fsp3) is 0.444. The summed E-state index contributed by atoms with van der Waals surface area (Å²) in [4.78, 5) is 11.3. The molecule has 0 saturated carbocycles. The number of thiophene rings is 1. The molecular formula is C9H12BrNO3S. The van der Waals surface area contributed by atoms with Crippen molar-refractivity contribution in [1.82, 2.24) is 5.32 Å². The topological polar surface area (TPSA) is 69.6 Å². The second-order valence-corrected chi connectivity index (χ2v) is 4.98. The van der Waals surface area contributed by atoms with Gasteiger partial charge in [0.25, 0.3) is 0 Å². The van der Waals surface area contributed by atoms with Gasteiger partial charge in [0, 0.05) is 28.2 Å². The van der Waals surface area contributed by atoms with Crippen LogP contribution in [0.4, 0.5) is 0 Å². The van der Waals surface area contributed by atoms with Gasteiger partial charge in [-0.25, -0.2) is 0 Å². The van der Waals surface area contributed by atoms with E-state index in [1.807, 2.05) is 5.38 Å². The number of amides is 1. The molecule has 84 valence electrons. The number of aliphatic hydroxyl groups excluding tert-OH is 2. The molecule has 1 amide bonds. The van der Waals surface area contributed by atoms with E-state index in [9.17, 15) is 15.0 Å². The molecule has 2 unspecified atom stereocenters. The average molecular weight is 294 g/mol. The molecule has 4 nitrogen and oxygen atoms in total. The number of nitrogens with one attached hydrogen (secondary N) is 1. The van der Waals surface area contributed by atoms with E-state index < -0.39 is 12.2 Å². The van der Waals surface area contributed by atoms with Crippen LogP contribution in [0.1, 0.15) is 17.9 Å². The zero-order valence-electron chi connectivity index (χ0n) is 8.11. The monoisotopic (exact) mass is 293 g/mol. The summed E-state index contributed by atoms with van der Waals surface area (Å²) in [6, 6.07) is 1.74. The third-order valence-electron chi connectivity index (χ3n) is 1.80. The minimum absolute atomic E-state index is 0.0476. The fourth-order valence-corrected chi connectivity index (χ4v) is 2.52. The summed E-state index contributed by atoms with van der Waals surface area (Å²) in [7, 11) is 0. The van der Waals surface area contributed by atoms with Crippen LogP contribution in [-0.2, 0) is 4.79 Å². The third-order valence-corrected chi connectivity index (χ3v) is 3.57. The van der Waals surface area contributed by atoms with E-state index >= 15 is 0 Å². The Hall–Kier alpha value is -0.430. The first-order valence-corrected chi connectivity index (χ1v) is 6.02. The van der Waals surface area contributed by atoms with Crippen LogP contribution < -0.4 is 5.32 Å². The molecule has 3 N–H and O–H groups in total. The van der Waals surface area contributed by atoms with E-state index in [2.05, 4.69) is 21.2 Å². The molecule has 2 atom stereocenters. The van der Waals surface area contributed by atoms with Crippen molar-refractivity contribution in [2.75, 3.05) is 6.54 Å². The number of hydrogen-bond acceptors (Lipinski definition) is 4. The van der Waals surface area contributed by atoms with Crippen LogP contribution in [0.15, 0.2) is 15.9 Å². The van der Waals surface area contributed by atoms with E-state index in [1.165, 1.54) is 18.3 Å². The largest absolute Gasteiger partial charge is 0.388 e. The first-order chi connectivity index (χ1) is 7.00. The highest BCUT2D eigenvalue weighted by atomic mass is 79.9. The Kier molecular flexibility index (Phi) is 4.72. The molecule has 0 fully saturated rings. The SMILES string of the molecule is CC(=O)NCC(O)C(O)c1cc(Br)cs1. The Labute approximate surface area is 100 Å². The molecule has 1 aromatic heterocycles. The van der Waals surface area contributed by atoms with Gasteiger partial charge in [-0.1, -0.05) is 0 Å². The molecule has 0 bridgehead atoms. The minimum atomic E-state index is -0.987. The Morgan fingerprint density at radius 2 is 2.33 bits per heavy atom. The standard InChI is InChI=1S/C9H12BrNO3S/c1-5(12)11-3-7(13)9(14)8-2-6(10)4-15-8/h2,4,7,9,13-14H,3H2,1H3,(H,11,12). The Morgan fingerprint density at radius 1 is 1.67 bits per heavy atom. The van der Waals surface area contributed by atoms with Gasteiger partial charge in [-0.15, -0.1) is 11.3 Å². The van der Waals surface area contributed by atoms with Crippen LogP contribution in [0, 0.1) is 0 Å². The highest BCUT2D eigenvalue weighted by molar-refractivity contribution is 9.10. The summed E-state index contributed by atoms with van der Waals surface area (Å²) in [5.41, 5.74) is 0. The fourth-order valence-electron chi connectivity index (χ4n) is 1.03. The molecule has 15 heavy (non-hydrogen) atoms. The number of aliphatic hydroxyl groups is 2. The van der Waals surface area contributed by atoms with Gasteiger partial charge < -0.3 is 15.5 Å². The van der Waals surface area contributed by atoms with E-state index in [-0.39, 0.29) is 12.5 Å². The quantitative estimate of drug-likeness (QED) is 0.777. The minimum Gasteiger partial charge on any atom is -0.388 e. The highest BCUT2D eigenvalue weighted by Crippen LogP contribution is 2.27. The zero-order valence-corrected chi connectivity index (χ0v) is 10.5. The molecule has 1 rings (SSSR count). The molecule has 0 aliphatic heterocycles. The summed E-state index contributed by atoms with van der Waals surface area (Å²) < 4.78 is 0.869. The predicted octanol–water partition coefficient (Wildman–Crippen LogP) is 1.04. The number of halogens is 1. The molecule has 0 radical (unpaired) electrons. The van der Waals surface area contributed by atoms with Crippen molar-refractivity contribution in [2.24, 2.45) is 0 Å². The maximum absolute atomic E-state index is 10.6. The second kappa shape index (κ2) is 5.60. The second-order valence-electron chi connectivity index (χ2n) is 3.12. The molecule has 0 spiro atoms. The van der Waals surface area contributed by atoms with Crippen molar-refractivity contribution in [2.45, 2.75) is 19.1 Å². The van der Waals surface area contributed by atoms with Gasteiger partial charge in [0.1, 0.15) is 12.2 Å². The van der Waals surface area contributed by atoms with Crippen molar-refractivity contribution in [3.63, 3.8) is 0 Å². The Morgan fingerprint density at radius 3 is 2.80 bits per heavy atom. The maximum atomic E-state index is 10.6. The number of carbonyl (C=O) groups is 1. The Bertz CT molecular complexity index is 342. The number of carbonyl (C=O) groups excluding carboxylic acids is 1. The predicted molar refractivity (Wildman–Crippen MR) is 61.7 cm³/mol. The Balaban J connectivity index is 2.52. The van der Waals surface area contributed by atoms with Crippen molar-refractivity contribution >= 4 is 33.2 Å². The van der Waals surface area contributed by atoms with E-state index in [0.717, 1.165) is 4.47 Å². The zero-order chi connectivity index (χ0) is 11.4. The summed E-state index contributed by atoms with van der Waals surface area (Å²) in [5.74, 6) is -0.228. The normalized spacial score (nSPS) is 14.7. The molecule has 1 heterocycles. The smallest absolute Gasteiger partial charge is 0.216 e. The van der Waals surface area contributed by atoms with Gasteiger partial charge in [-0.2, -0.15) is 0 Å². The van der Waals surface area contributed by atoms with E-state index in [0.29, 0.717) is 4.88 Å². The summed E-state index contributed by atoms with van der Waals surface area (Å²) in [6.45, 7) is 1.41. The van der Waals surface area contributed by atoms with Gasteiger partial charge >= 0.3 is 0 Å². The first-order valence-electron chi connectivity index (χ1n) is 4.35. The van der Waals surface area contributed by atoms with Crippen LogP contribution in [0.2, 0.25) is 0 Å². The average Bonchev–Trinajstić information content (AvgIpc) is 2.60. The lowest BCUT2D eigenvalue weighted by Gasteiger charge is -2.16. The van der Waals surface area contributed by atoms with Crippen molar-refractivity contribution in [3.05, 3.63) is 20.8 Å². The van der Waals surface area contributed by atoms with Gasteiger partial charge in [-0.3, -0.25) is 4.79 Å². The van der Waals surface area contributed by atoms with Crippen molar-refractivity contribution < 1.29 is 15.0 Å². The lowest BCUT2D eigenvalue weighted by molar-refractivity contribution is -0.119. The van der Waals surface area contributed by atoms with Crippen LogP contribution in [0.3, 0.4) is 0 Å². The first kappa shape index (κ1) is 12.6. The van der Waals surface area contributed by atoms with Crippen LogP contribution >= 0.6 is 27.3 Å². The highest BCUT2D eigenvalue weighted by Gasteiger charge is 2.19. The van der Waals surface area contributed by atoms with Crippen LogP contribution in [0.25, 0.3) is 0 Å². The molecule has 0 saturated heterocycles. The number of rotatable bonds is 4. The lowest BCUT2D eigenvalue weighted by atomic mass is 10.1. The third kappa shape index (κ3) is 3.90. The maximum Gasteiger partial charge on any atom is 0.216 e. The molecule has 0 aliphatic rings. The summed E-state index contributed by atoms with van der Waals surface area (Å²) >= 11 is 4.61. The van der Waals surface area contributed by atoms with Crippen molar-refractivity contribution in [1.29, 1.82) is 0 Å².